The van der Waals surface area contributed by atoms with E-state index in [1.165, 1.54) is 6.92 Å². The summed E-state index contributed by atoms with van der Waals surface area (Å²) < 4.78 is 5.01. The van der Waals surface area contributed by atoms with Crippen LogP contribution in [0.3, 0.4) is 0 Å². The predicted octanol–water partition coefficient (Wildman–Crippen LogP) is 4.54. The fourth-order valence-electron chi connectivity index (χ4n) is 2.86. The first-order valence-electron chi connectivity index (χ1n) is 7.79. The van der Waals surface area contributed by atoms with E-state index in [0.717, 1.165) is 32.6 Å². The molecule has 2 aromatic heterocycles. The summed E-state index contributed by atoms with van der Waals surface area (Å²) >= 11 is 3.47. The van der Waals surface area contributed by atoms with Gasteiger partial charge in [-0.15, -0.1) is 0 Å². The monoisotopic (exact) mass is 394 g/mol. The molecule has 0 radical (unpaired) electrons. The molecule has 4 aromatic rings. The number of nitrogens with zero attached hydrogens (tertiary/aromatic N) is 3. The van der Waals surface area contributed by atoms with Gasteiger partial charge < -0.3 is 9.88 Å². The highest BCUT2D eigenvalue weighted by Gasteiger charge is 2.09. The molecule has 6 heteroatoms. The van der Waals surface area contributed by atoms with Crippen molar-refractivity contribution < 1.29 is 4.79 Å². The van der Waals surface area contributed by atoms with E-state index in [1.807, 2.05) is 64.0 Å². The molecule has 0 atom stereocenters. The second-order valence-electron chi connectivity index (χ2n) is 5.76. The Kier molecular flexibility index (Phi) is 3.89. The third-order valence-corrected chi connectivity index (χ3v) is 4.41. The first-order valence-corrected chi connectivity index (χ1v) is 8.58. The van der Waals surface area contributed by atoms with Gasteiger partial charge in [0.1, 0.15) is 6.33 Å². The van der Waals surface area contributed by atoms with E-state index in [2.05, 4.69) is 32.3 Å². The van der Waals surface area contributed by atoms with Crippen LogP contribution in [-0.2, 0) is 4.79 Å². The van der Waals surface area contributed by atoms with Crippen LogP contribution >= 0.6 is 15.9 Å². The predicted molar refractivity (Wildman–Crippen MR) is 102 cm³/mol. The molecule has 0 aliphatic heterocycles. The van der Waals surface area contributed by atoms with Crippen molar-refractivity contribution in [3.8, 4) is 11.4 Å². The fraction of sp³-hybridized carbons (Fsp3) is 0.0526. The number of fused-ring (bicyclic) bond motifs is 1. The van der Waals surface area contributed by atoms with Crippen LogP contribution in [0.5, 0.6) is 0 Å². The van der Waals surface area contributed by atoms with Crippen molar-refractivity contribution in [1.82, 2.24) is 14.1 Å². The van der Waals surface area contributed by atoms with Crippen LogP contribution in [0.15, 0.2) is 71.7 Å². The highest BCUT2D eigenvalue weighted by molar-refractivity contribution is 9.10. The van der Waals surface area contributed by atoms with Crippen LogP contribution in [0.1, 0.15) is 6.92 Å². The van der Waals surface area contributed by atoms with Gasteiger partial charge in [-0.1, -0.05) is 15.9 Å². The van der Waals surface area contributed by atoms with Gasteiger partial charge >= 0.3 is 0 Å². The molecule has 124 valence electrons. The fourth-order valence-corrected chi connectivity index (χ4v) is 3.21. The third kappa shape index (κ3) is 3.08. The van der Waals surface area contributed by atoms with Gasteiger partial charge in [-0.05, 0) is 48.5 Å². The van der Waals surface area contributed by atoms with Crippen molar-refractivity contribution >= 4 is 38.6 Å². The summed E-state index contributed by atoms with van der Waals surface area (Å²) in [5.41, 5.74) is 4.54. The number of halogens is 1. The molecule has 2 aromatic carbocycles. The molecule has 2 heterocycles. The number of carbonyl (C=O) groups is 1. The summed E-state index contributed by atoms with van der Waals surface area (Å²) in [6.07, 6.45) is 5.74. The number of carbonyl (C=O) groups excluding carboxylic acids is 1. The van der Waals surface area contributed by atoms with Gasteiger partial charge in [-0.3, -0.25) is 9.36 Å². The molecule has 0 bridgehead atoms. The molecule has 1 N–H and O–H groups in total. The lowest BCUT2D eigenvalue weighted by Crippen LogP contribution is -2.07. The molecule has 0 saturated heterocycles. The van der Waals surface area contributed by atoms with Crippen molar-refractivity contribution in [2.45, 2.75) is 6.92 Å². The summed E-state index contributed by atoms with van der Waals surface area (Å²) in [5.74, 6) is -0.102. The average molecular weight is 395 g/mol. The van der Waals surface area contributed by atoms with E-state index in [1.54, 1.807) is 6.33 Å². The minimum Gasteiger partial charge on any atom is -0.326 e. The lowest BCUT2D eigenvalue weighted by atomic mass is 10.2. The van der Waals surface area contributed by atoms with Crippen molar-refractivity contribution in [3.05, 3.63) is 71.7 Å². The molecule has 1 amide bonds. The van der Waals surface area contributed by atoms with E-state index in [4.69, 9.17) is 0 Å². The van der Waals surface area contributed by atoms with Crippen LogP contribution in [0.25, 0.3) is 22.4 Å². The SMILES string of the molecule is CC(=O)Nc1cc(-n2cccc2)cc(-n2cnc3cc(Br)ccc32)c1. The topological polar surface area (TPSA) is 51.9 Å². The maximum atomic E-state index is 11.5. The molecule has 0 aliphatic rings. The number of nitrogens with one attached hydrogen (secondary N) is 1. The Balaban J connectivity index is 1.90. The first-order chi connectivity index (χ1) is 12.1. The number of amides is 1. The zero-order chi connectivity index (χ0) is 17.4. The largest absolute Gasteiger partial charge is 0.326 e. The van der Waals surface area contributed by atoms with Crippen molar-refractivity contribution in [2.24, 2.45) is 0 Å². The van der Waals surface area contributed by atoms with E-state index < -0.39 is 0 Å². The molecule has 0 unspecified atom stereocenters. The zero-order valence-corrected chi connectivity index (χ0v) is 15.1. The Labute approximate surface area is 153 Å². The number of imidazole rings is 1. The second-order valence-corrected chi connectivity index (χ2v) is 6.67. The zero-order valence-electron chi connectivity index (χ0n) is 13.5. The van der Waals surface area contributed by atoms with E-state index in [9.17, 15) is 4.79 Å². The minimum absolute atomic E-state index is 0.102. The van der Waals surface area contributed by atoms with Crippen LogP contribution < -0.4 is 5.32 Å². The molecule has 5 nitrogen and oxygen atoms in total. The minimum atomic E-state index is -0.102. The second kappa shape index (κ2) is 6.22. The Bertz CT molecular complexity index is 1070. The molecule has 0 fully saturated rings. The number of rotatable bonds is 3. The summed E-state index contributed by atoms with van der Waals surface area (Å²) in [7, 11) is 0. The van der Waals surface area contributed by atoms with Crippen molar-refractivity contribution in [1.29, 1.82) is 0 Å². The third-order valence-electron chi connectivity index (χ3n) is 3.91. The van der Waals surface area contributed by atoms with Crippen LogP contribution in [0.4, 0.5) is 5.69 Å². The molecule has 25 heavy (non-hydrogen) atoms. The molecule has 0 aliphatic carbocycles. The first kappa shape index (κ1) is 15.7. The average Bonchev–Trinajstić information content (AvgIpc) is 3.23. The normalized spacial score (nSPS) is 11.0. The smallest absolute Gasteiger partial charge is 0.221 e. The molecular weight excluding hydrogens is 380 g/mol. The van der Waals surface area contributed by atoms with Crippen LogP contribution in [0, 0.1) is 0 Å². The number of benzene rings is 2. The van der Waals surface area contributed by atoms with Gasteiger partial charge in [0.25, 0.3) is 0 Å². The van der Waals surface area contributed by atoms with Gasteiger partial charge in [-0.25, -0.2) is 4.98 Å². The highest BCUT2D eigenvalue weighted by Crippen LogP contribution is 2.26. The van der Waals surface area contributed by atoms with E-state index >= 15 is 0 Å². The maximum Gasteiger partial charge on any atom is 0.221 e. The number of hydrogen-bond donors (Lipinski definition) is 1. The van der Waals surface area contributed by atoms with Gasteiger partial charge in [-0.2, -0.15) is 0 Å². The van der Waals surface area contributed by atoms with Gasteiger partial charge in [0.15, 0.2) is 0 Å². The molecule has 0 saturated carbocycles. The Morgan fingerprint density at radius 2 is 1.84 bits per heavy atom. The van der Waals surface area contributed by atoms with Crippen LogP contribution in [-0.4, -0.2) is 20.0 Å². The molecule has 0 spiro atoms. The lowest BCUT2D eigenvalue weighted by Gasteiger charge is -2.12. The standard InChI is InChI=1S/C19H15BrN4O/c1-13(25)22-15-9-16(23-6-2-3-7-23)11-17(10-15)24-12-21-18-8-14(20)4-5-19(18)24/h2-12H,1H3,(H,22,25). The number of anilines is 1. The summed E-state index contributed by atoms with van der Waals surface area (Å²) in [6, 6.07) is 15.9. The van der Waals surface area contributed by atoms with Gasteiger partial charge in [0, 0.05) is 35.2 Å². The van der Waals surface area contributed by atoms with Crippen LogP contribution in [0.2, 0.25) is 0 Å². The Hall–Kier alpha value is -2.86. The number of aromatic nitrogens is 3. The molecular formula is C19H15BrN4O. The van der Waals surface area contributed by atoms with E-state index in [-0.39, 0.29) is 5.91 Å². The Morgan fingerprint density at radius 1 is 1.08 bits per heavy atom. The summed E-state index contributed by atoms with van der Waals surface area (Å²) in [4.78, 5) is 16.0. The summed E-state index contributed by atoms with van der Waals surface area (Å²) in [6.45, 7) is 1.51. The van der Waals surface area contributed by atoms with Crippen molar-refractivity contribution in [2.75, 3.05) is 5.32 Å². The molecule has 4 rings (SSSR count). The van der Waals surface area contributed by atoms with Gasteiger partial charge in [0.2, 0.25) is 5.91 Å². The van der Waals surface area contributed by atoms with Crippen molar-refractivity contribution in [3.63, 3.8) is 0 Å². The summed E-state index contributed by atoms with van der Waals surface area (Å²) in [5, 5.41) is 2.87. The maximum absolute atomic E-state index is 11.5. The Morgan fingerprint density at radius 3 is 2.60 bits per heavy atom. The lowest BCUT2D eigenvalue weighted by molar-refractivity contribution is -0.114. The van der Waals surface area contributed by atoms with E-state index in [0.29, 0.717) is 0 Å². The van der Waals surface area contributed by atoms with Gasteiger partial charge in [0.05, 0.1) is 16.7 Å². The number of hydrogen-bond acceptors (Lipinski definition) is 2. The highest BCUT2D eigenvalue weighted by atomic mass is 79.9. The quantitative estimate of drug-likeness (QED) is 0.554.